The van der Waals surface area contributed by atoms with Gasteiger partial charge in [-0.15, -0.1) is 12.4 Å². The molecule has 5 heteroatoms. The molecule has 0 fully saturated rings. The lowest BCUT2D eigenvalue weighted by Gasteiger charge is -2.17. The van der Waals surface area contributed by atoms with Crippen LogP contribution >= 0.6 is 24.0 Å². The number of hydrogen-bond acceptors (Lipinski definition) is 2. The number of rotatable bonds is 6. The Labute approximate surface area is 120 Å². The van der Waals surface area contributed by atoms with Crippen LogP contribution in [-0.2, 0) is 0 Å². The standard InChI is InChI=1S/C13H19ClN2O.ClH/c1-3-16(4-2)10-9-15-13(17)11-5-7-12(14)8-6-11;/h5-8H,3-4,9-10H2,1-2H3,(H,15,17);1H. The van der Waals surface area contributed by atoms with Crippen LogP contribution in [0.2, 0.25) is 5.02 Å². The zero-order valence-corrected chi connectivity index (χ0v) is 12.4. The lowest BCUT2D eigenvalue weighted by atomic mass is 10.2. The van der Waals surface area contributed by atoms with E-state index < -0.39 is 0 Å². The van der Waals surface area contributed by atoms with Gasteiger partial charge in [-0.1, -0.05) is 25.4 Å². The molecule has 1 aromatic rings. The Morgan fingerprint density at radius 2 is 1.78 bits per heavy atom. The molecule has 0 bridgehead atoms. The van der Waals surface area contributed by atoms with Gasteiger partial charge in [0.1, 0.15) is 0 Å². The molecular weight excluding hydrogens is 271 g/mol. The average molecular weight is 291 g/mol. The van der Waals surface area contributed by atoms with E-state index in [0.717, 1.165) is 19.6 Å². The van der Waals surface area contributed by atoms with Crippen LogP contribution in [0.3, 0.4) is 0 Å². The van der Waals surface area contributed by atoms with Crippen LogP contribution in [-0.4, -0.2) is 37.0 Å². The lowest BCUT2D eigenvalue weighted by molar-refractivity contribution is 0.0949. The maximum atomic E-state index is 11.7. The quantitative estimate of drug-likeness (QED) is 0.874. The Balaban J connectivity index is 0.00000289. The van der Waals surface area contributed by atoms with Crippen molar-refractivity contribution in [2.75, 3.05) is 26.2 Å². The lowest BCUT2D eigenvalue weighted by Crippen LogP contribution is -2.34. The molecule has 0 atom stereocenters. The summed E-state index contributed by atoms with van der Waals surface area (Å²) < 4.78 is 0. The van der Waals surface area contributed by atoms with E-state index in [1.165, 1.54) is 0 Å². The first kappa shape index (κ1) is 17.2. The number of nitrogens with one attached hydrogen (secondary N) is 1. The second-order valence-electron chi connectivity index (χ2n) is 3.79. The molecule has 0 aliphatic carbocycles. The van der Waals surface area contributed by atoms with Crippen LogP contribution in [0.25, 0.3) is 0 Å². The molecule has 1 rings (SSSR count). The molecule has 0 spiro atoms. The predicted molar refractivity (Wildman–Crippen MR) is 78.8 cm³/mol. The van der Waals surface area contributed by atoms with Gasteiger partial charge in [0.2, 0.25) is 0 Å². The highest BCUT2D eigenvalue weighted by Gasteiger charge is 2.05. The van der Waals surface area contributed by atoms with Crippen molar-refractivity contribution in [2.45, 2.75) is 13.8 Å². The van der Waals surface area contributed by atoms with Gasteiger partial charge < -0.3 is 10.2 Å². The average Bonchev–Trinajstić information content (AvgIpc) is 2.35. The van der Waals surface area contributed by atoms with E-state index in [9.17, 15) is 4.79 Å². The van der Waals surface area contributed by atoms with E-state index in [-0.39, 0.29) is 18.3 Å². The van der Waals surface area contributed by atoms with E-state index in [4.69, 9.17) is 11.6 Å². The van der Waals surface area contributed by atoms with Crippen molar-refractivity contribution in [2.24, 2.45) is 0 Å². The van der Waals surface area contributed by atoms with E-state index in [0.29, 0.717) is 17.1 Å². The first-order chi connectivity index (χ1) is 8.17. The summed E-state index contributed by atoms with van der Waals surface area (Å²) in [4.78, 5) is 14.0. The summed E-state index contributed by atoms with van der Waals surface area (Å²) in [6.45, 7) is 7.80. The highest BCUT2D eigenvalue weighted by Crippen LogP contribution is 2.09. The van der Waals surface area contributed by atoms with E-state index in [2.05, 4.69) is 24.1 Å². The van der Waals surface area contributed by atoms with Crippen molar-refractivity contribution in [3.05, 3.63) is 34.9 Å². The maximum Gasteiger partial charge on any atom is 0.251 e. The fraction of sp³-hybridized carbons (Fsp3) is 0.462. The zero-order valence-electron chi connectivity index (χ0n) is 10.8. The molecule has 102 valence electrons. The smallest absolute Gasteiger partial charge is 0.251 e. The first-order valence-corrected chi connectivity index (χ1v) is 6.31. The minimum atomic E-state index is -0.0474. The summed E-state index contributed by atoms with van der Waals surface area (Å²) in [6, 6.07) is 6.91. The summed E-state index contributed by atoms with van der Waals surface area (Å²) in [5.41, 5.74) is 0.647. The largest absolute Gasteiger partial charge is 0.351 e. The molecular formula is C13H20Cl2N2O. The number of nitrogens with zero attached hydrogens (tertiary/aromatic N) is 1. The SMILES string of the molecule is CCN(CC)CCNC(=O)c1ccc(Cl)cc1.Cl. The van der Waals surface area contributed by atoms with Crippen molar-refractivity contribution in [3.8, 4) is 0 Å². The Bertz CT molecular complexity index is 351. The third-order valence-corrected chi connectivity index (χ3v) is 2.97. The second-order valence-corrected chi connectivity index (χ2v) is 4.23. The molecule has 0 saturated carbocycles. The van der Waals surface area contributed by atoms with Gasteiger partial charge in [-0.25, -0.2) is 0 Å². The number of likely N-dealkylation sites (N-methyl/N-ethyl adjacent to an activating group) is 1. The fourth-order valence-electron chi connectivity index (χ4n) is 1.57. The summed E-state index contributed by atoms with van der Waals surface area (Å²) in [7, 11) is 0. The molecule has 1 aromatic carbocycles. The number of benzene rings is 1. The molecule has 3 nitrogen and oxygen atoms in total. The Kier molecular flexibility index (Phi) is 8.81. The number of carbonyl (C=O) groups is 1. The highest BCUT2D eigenvalue weighted by molar-refractivity contribution is 6.30. The summed E-state index contributed by atoms with van der Waals surface area (Å²) in [6.07, 6.45) is 0. The van der Waals surface area contributed by atoms with Gasteiger partial charge in [-0.05, 0) is 37.4 Å². The third-order valence-electron chi connectivity index (χ3n) is 2.71. The van der Waals surface area contributed by atoms with E-state index in [1.54, 1.807) is 24.3 Å². The molecule has 0 radical (unpaired) electrons. The van der Waals surface area contributed by atoms with Crippen LogP contribution in [0.4, 0.5) is 0 Å². The van der Waals surface area contributed by atoms with Gasteiger partial charge in [-0.3, -0.25) is 4.79 Å². The molecule has 0 saturated heterocycles. The summed E-state index contributed by atoms with van der Waals surface area (Å²) in [5, 5.41) is 3.54. The van der Waals surface area contributed by atoms with Gasteiger partial charge in [0, 0.05) is 23.7 Å². The van der Waals surface area contributed by atoms with Crippen LogP contribution in [0.15, 0.2) is 24.3 Å². The van der Waals surface area contributed by atoms with Crippen molar-refractivity contribution in [3.63, 3.8) is 0 Å². The Hall–Kier alpha value is -0.770. The van der Waals surface area contributed by atoms with E-state index >= 15 is 0 Å². The minimum Gasteiger partial charge on any atom is -0.351 e. The van der Waals surface area contributed by atoms with Crippen LogP contribution < -0.4 is 5.32 Å². The fourth-order valence-corrected chi connectivity index (χ4v) is 1.70. The topological polar surface area (TPSA) is 32.3 Å². The first-order valence-electron chi connectivity index (χ1n) is 5.93. The third kappa shape index (κ3) is 5.71. The predicted octanol–water partition coefficient (Wildman–Crippen LogP) is 2.83. The van der Waals surface area contributed by atoms with Crippen molar-refractivity contribution < 1.29 is 4.79 Å². The van der Waals surface area contributed by atoms with Crippen molar-refractivity contribution in [1.82, 2.24) is 10.2 Å². The van der Waals surface area contributed by atoms with Gasteiger partial charge in [0.25, 0.3) is 5.91 Å². The molecule has 0 aromatic heterocycles. The molecule has 18 heavy (non-hydrogen) atoms. The summed E-state index contributed by atoms with van der Waals surface area (Å²) in [5.74, 6) is -0.0474. The van der Waals surface area contributed by atoms with Crippen molar-refractivity contribution >= 4 is 29.9 Å². The molecule has 0 unspecified atom stereocenters. The van der Waals surface area contributed by atoms with Crippen LogP contribution in [0.1, 0.15) is 24.2 Å². The number of hydrogen-bond donors (Lipinski definition) is 1. The van der Waals surface area contributed by atoms with Gasteiger partial charge >= 0.3 is 0 Å². The molecule has 1 amide bonds. The number of halogens is 2. The van der Waals surface area contributed by atoms with Crippen molar-refractivity contribution in [1.29, 1.82) is 0 Å². The minimum absolute atomic E-state index is 0. The summed E-state index contributed by atoms with van der Waals surface area (Å²) >= 11 is 5.76. The number of amides is 1. The van der Waals surface area contributed by atoms with Gasteiger partial charge in [0.05, 0.1) is 0 Å². The molecule has 0 aliphatic rings. The second kappa shape index (κ2) is 9.20. The Morgan fingerprint density at radius 3 is 2.28 bits per heavy atom. The maximum absolute atomic E-state index is 11.7. The van der Waals surface area contributed by atoms with Crippen LogP contribution in [0.5, 0.6) is 0 Å². The molecule has 0 heterocycles. The van der Waals surface area contributed by atoms with Gasteiger partial charge in [0.15, 0.2) is 0 Å². The van der Waals surface area contributed by atoms with E-state index in [1.807, 2.05) is 0 Å². The Morgan fingerprint density at radius 1 is 1.22 bits per heavy atom. The highest BCUT2D eigenvalue weighted by atomic mass is 35.5. The zero-order chi connectivity index (χ0) is 12.7. The van der Waals surface area contributed by atoms with Crippen LogP contribution in [0, 0.1) is 0 Å². The number of carbonyl (C=O) groups excluding carboxylic acids is 1. The normalized spacial score (nSPS) is 10.0. The molecule has 1 N–H and O–H groups in total. The monoisotopic (exact) mass is 290 g/mol. The molecule has 0 aliphatic heterocycles. The van der Waals surface area contributed by atoms with Gasteiger partial charge in [-0.2, -0.15) is 0 Å².